The summed E-state index contributed by atoms with van der Waals surface area (Å²) in [6.45, 7) is 3.67. The van der Waals surface area contributed by atoms with Gasteiger partial charge in [-0.1, -0.05) is 32.6 Å². The van der Waals surface area contributed by atoms with Crippen LogP contribution in [0, 0.1) is 5.41 Å². The molecule has 20 heavy (non-hydrogen) atoms. The average molecular weight is 285 g/mol. The number of hydrogen-bond donors (Lipinski definition) is 3. The van der Waals surface area contributed by atoms with Gasteiger partial charge in [-0.05, 0) is 26.2 Å². The molecular formula is C15H27NO4. The molecule has 1 aliphatic rings. The van der Waals surface area contributed by atoms with Gasteiger partial charge in [0.1, 0.15) is 0 Å². The zero-order valence-corrected chi connectivity index (χ0v) is 12.6. The van der Waals surface area contributed by atoms with Crippen LogP contribution in [0.4, 0.5) is 0 Å². The Morgan fingerprint density at radius 1 is 1.20 bits per heavy atom. The van der Waals surface area contributed by atoms with E-state index in [-0.39, 0.29) is 18.9 Å². The van der Waals surface area contributed by atoms with Crippen LogP contribution in [0.1, 0.15) is 65.2 Å². The van der Waals surface area contributed by atoms with Crippen molar-refractivity contribution < 1.29 is 19.8 Å². The number of carbonyl (C=O) groups excluding carboxylic acids is 1. The molecule has 0 aromatic heterocycles. The summed E-state index contributed by atoms with van der Waals surface area (Å²) in [7, 11) is 0. The molecule has 0 bridgehead atoms. The van der Waals surface area contributed by atoms with Crippen molar-refractivity contribution in [2.75, 3.05) is 6.54 Å². The first-order chi connectivity index (χ1) is 9.31. The van der Waals surface area contributed by atoms with E-state index in [0.29, 0.717) is 19.3 Å². The van der Waals surface area contributed by atoms with Crippen molar-refractivity contribution in [1.82, 2.24) is 5.32 Å². The highest BCUT2D eigenvalue weighted by molar-refractivity contribution is 5.85. The molecule has 0 aromatic carbocycles. The first-order valence-electron chi connectivity index (χ1n) is 7.54. The topological polar surface area (TPSA) is 86.6 Å². The Kier molecular flexibility index (Phi) is 5.99. The lowest BCUT2D eigenvalue weighted by Gasteiger charge is -2.28. The van der Waals surface area contributed by atoms with Crippen LogP contribution < -0.4 is 5.32 Å². The predicted molar refractivity (Wildman–Crippen MR) is 76.3 cm³/mol. The molecule has 3 N–H and O–H groups in total. The second kappa shape index (κ2) is 7.07. The molecule has 0 aromatic rings. The average Bonchev–Trinajstić information content (AvgIpc) is 2.63. The van der Waals surface area contributed by atoms with Crippen LogP contribution in [-0.2, 0) is 9.59 Å². The Morgan fingerprint density at radius 2 is 1.75 bits per heavy atom. The molecule has 0 heterocycles. The molecule has 5 heteroatoms. The van der Waals surface area contributed by atoms with E-state index in [4.69, 9.17) is 0 Å². The maximum Gasteiger partial charge on any atom is 0.310 e. The number of nitrogens with one attached hydrogen (secondary N) is 1. The summed E-state index contributed by atoms with van der Waals surface area (Å²) in [4.78, 5) is 23.6. The summed E-state index contributed by atoms with van der Waals surface area (Å²) < 4.78 is 0. The number of amides is 1. The van der Waals surface area contributed by atoms with Gasteiger partial charge >= 0.3 is 5.97 Å². The fourth-order valence-electron chi connectivity index (χ4n) is 2.66. The van der Waals surface area contributed by atoms with Crippen molar-refractivity contribution in [3.63, 3.8) is 0 Å². The Bertz CT molecular complexity index is 344. The summed E-state index contributed by atoms with van der Waals surface area (Å²) in [6.07, 6.45) is 5.51. The van der Waals surface area contributed by atoms with Gasteiger partial charge in [-0.2, -0.15) is 0 Å². The summed E-state index contributed by atoms with van der Waals surface area (Å²) in [6, 6.07) is 0. The number of aliphatic carboxylic acids is 1. The quantitative estimate of drug-likeness (QED) is 0.652. The molecule has 1 saturated carbocycles. The van der Waals surface area contributed by atoms with E-state index < -0.39 is 17.0 Å². The second-order valence-corrected chi connectivity index (χ2v) is 6.30. The van der Waals surface area contributed by atoms with Gasteiger partial charge in [0.15, 0.2) is 0 Å². The van der Waals surface area contributed by atoms with E-state index in [1.807, 2.05) is 6.92 Å². The first kappa shape index (κ1) is 17.0. The maximum absolute atomic E-state index is 12.0. The smallest absolute Gasteiger partial charge is 0.310 e. The minimum absolute atomic E-state index is 0.0160. The molecule has 1 amide bonds. The third-order valence-corrected chi connectivity index (χ3v) is 4.44. The molecule has 1 fully saturated rings. The Balaban J connectivity index is 2.61. The highest BCUT2D eigenvalue weighted by Crippen LogP contribution is 2.38. The van der Waals surface area contributed by atoms with Crippen LogP contribution >= 0.6 is 0 Å². The van der Waals surface area contributed by atoms with Gasteiger partial charge < -0.3 is 15.5 Å². The highest BCUT2D eigenvalue weighted by atomic mass is 16.4. The Morgan fingerprint density at radius 3 is 2.20 bits per heavy atom. The van der Waals surface area contributed by atoms with Crippen LogP contribution in [0.25, 0.3) is 0 Å². The van der Waals surface area contributed by atoms with Crippen LogP contribution in [0.3, 0.4) is 0 Å². The van der Waals surface area contributed by atoms with Gasteiger partial charge in [-0.15, -0.1) is 0 Å². The van der Waals surface area contributed by atoms with E-state index in [1.165, 1.54) is 0 Å². The predicted octanol–water partition coefficient (Wildman–Crippen LogP) is 2.08. The van der Waals surface area contributed by atoms with Crippen molar-refractivity contribution in [3.8, 4) is 0 Å². The third-order valence-electron chi connectivity index (χ3n) is 4.44. The number of hydrogen-bond acceptors (Lipinski definition) is 3. The minimum Gasteiger partial charge on any atom is -0.481 e. The van der Waals surface area contributed by atoms with Crippen molar-refractivity contribution in [2.24, 2.45) is 5.41 Å². The standard InChI is InChI=1S/C15H27NO4/c1-3-14(2,20)11-16-12(17)10-15(13(18)19)8-6-4-5-7-9-15/h20H,3-11H2,1-2H3,(H,16,17)(H,18,19). The van der Waals surface area contributed by atoms with Crippen LogP contribution in [-0.4, -0.2) is 34.2 Å². The molecule has 1 rings (SSSR count). The molecule has 1 unspecified atom stereocenters. The molecule has 0 radical (unpaired) electrons. The molecule has 1 aliphatic carbocycles. The summed E-state index contributed by atoms with van der Waals surface area (Å²) >= 11 is 0. The van der Waals surface area contributed by atoms with E-state index in [2.05, 4.69) is 5.32 Å². The number of aliphatic hydroxyl groups is 1. The molecule has 0 aliphatic heterocycles. The van der Waals surface area contributed by atoms with Gasteiger partial charge in [0.2, 0.25) is 5.91 Å². The molecule has 116 valence electrons. The van der Waals surface area contributed by atoms with Crippen molar-refractivity contribution in [3.05, 3.63) is 0 Å². The summed E-state index contributed by atoms with van der Waals surface area (Å²) in [5.74, 6) is -1.14. The summed E-state index contributed by atoms with van der Waals surface area (Å²) in [5, 5.41) is 22.0. The van der Waals surface area contributed by atoms with E-state index >= 15 is 0 Å². The zero-order chi connectivity index (χ0) is 15.2. The fraction of sp³-hybridized carbons (Fsp3) is 0.867. The molecule has 1 atom stereocenters. The van der Waals surface area contributed by atoms with Crippen molar-refractivity contribution in [2.45, 2.75) is 70.8 Å². The van der Waals surface area contributed by atoms with Crippen LogP contribution in [0.15, 0.2) is 0 Å². The lowest BCUT2D eigenvalue weighted by Crippen LogP contribution is -2.43. The lowest BCUT2D eigenvalue weighted by atomic mass is 9.77. The number of rotatable bonds is 6. The van der Waals surface area contributed by atoms with Crippen LogP contribution in [0.5, 0.6) is 0 Å². The molecular weight excluding hydrogens is 258 g/mol. The van der Waals surface area contributed by atoms with E-state index in [9.17, 15) is 19.8 Å². The Labute approximate surface area is 120 Å². The van der Waals surface area contributed by atoms with Gasteiger partial charge in [0.25, 0.3) is 0 Å². The number of carbonyl (C=O) groups is 2. The molecule has 0 spiro atoms. The van der Waals surface area contributed by atoms with Gasteiger partial charge in [-0.3, -0.25) is 9.59 Å². The monoisotopic (exact) mass is 285 g/mol. The molecule has 5 nitrogen and oxygen atoms in total. The normalized spacial score (nSPS) is 21.6. The minimum atomic E-state index is -0.935. The molecule has 0 saturated heterocycles. The van der Waals surface area contributed by atoms with Gasteiger partial charge in [0, 0.05) is 13.0 Å². The van der Waals surface area contributed by atoms with Gasteiger partial charge in [0.05, 0.1) is 11.0 Å². The highest BCUT2D eigenvalue weighted by Gasteiger charge is 2.40. The van der Waals surface area contributed by atoms with Crippen molar-refractivity contribution in [1.29, 1.82) is 0 Å². The Hall–Kier alpha value is -1.10. The second-order valence-electron chi connectivity index (χ2n) is 6.30. The largest absolute Gasteiger partial charge is 0.481 e. The van der Waals surface area contributed by atoms with E-state index in [0.717, 1.165) is 25.7 Å². The first-order valence-corrected chi connectivity index (χ1v) is 7.54. The van der Waals surface area contributed by atoms with Gasteiger partial charge in [-0.25, -0.2) is 0 Å². The SMILES string of the molecule is CCC(C)(O)CNC(=O)CC1(C(=O)O)CCCCCC1. The number of carboxylic acid groups (broad SMARTS) is 1. The van der Waals surface area contributed by atoms with Crippen LogP contribution in [0.2, 0.25) is 0 Å². The van der Waals surface area contributed by atoms with Crippen molar-refractivity contribution >= 4 is 11.9 Å². The van der Waals surface area contributed by atoms with E-state index in [1.54, 1.807) is 6.92 Å². The fourth-order valence-corrected chi connectivity index (χ4v) is 2.66. The zero-order valence-electron chi connectivity index (χ0n) is 12.6. The third kappa shape index (κ3) is 4.78. The lowest BCUT2D eigenvalue weighted by molar-refractivity contribution is -0.153. The maximum atomic E-state index is 12.0. The number of carboxylic acids is 1. The summed E-state index contributed by atoms with van der Waals surface area (Å²) in [5.41, 5.74) is -1.85.